The third kappa shape index (κ3) is 2.94. The summed E-state index contributed by atoms with van der Waals surface area (Å²) in [5, 5.41) is 3.22. The van der Waals surface area contributed by atoms with Gasteiger partial charge in [0.25, 0.3) is 15.9 Å². The summed E-state index contributed by atoms with van der Waals surface area (Å²) in [5.41, 5.74) is 0.577. The number of rotatable bonds is 3. The van der Waals surface area contributed by atoms with Crippen molar-refractivity contribution < 1.29 is 13.2 Å². The Hall–Kier alpha value is -1.63. The van der Waals surface area contributed by atoms with E-state index in [9.17, 15) is 13.2 Å². The van der Waals surface area contributed by atoms with E-state index in [0.717, 1.165) is 17.8 Å². The fourth-order valence-corrected chi connectivity index (χ4v) is 7.51. The van der Waals surface area contributed by atoms with Crippen LogP contribution >= 0.6 is 0 Å². The van der Waals surface area contributed by atoms with Gasteiger partial charge in [0, 0.05) is 18.8 Å². The summed E-state index contributed by atoms with van der Waals surface area (Å²) in [4.78, 5) is 14.8. The lowest BCUT2D eigenvalue weighted by atomic mass is 9.48. The van der Waals surface area contributed by atoms with E-state index in [2.05, 4.69) is 16.6 Å². The number of carbonyl (C=O) groups is 1. The summed E-state index contributed by atoms with van der Waals surface area (Å²) in [5.74, 6) is 2.53. The van der Waals surface area contributed by atoms with Crippen molar-refractivity contribution in [2.75, 3.05) is 12.3 Å². The van der Waals surface area contributed by atoms with Gasteiger partial charge in [0.05, 0.1) is 11.3 Å². The lowest BCUT2D eigenvalue weighted by Crippen LogP contribution is -2.56. The van der Waals surface area contributed by atoms with E-state index >= 15 is 0 Å². The second kappa shape index (κ2) is 5.93. The SMILES string of the molecule is C[C@H](NC(=O)C1=CC=CN2CCS(=O)(=O)N=C12)C12CC3CC(CC(C3)C1)C2. The largest absolute Gasteiger partial charge is 0.349 e. The molecular formula is C20H27N3O3S. The average Bonchev–Trinajstić information content (AvgIpc) is 2.59. The monoisotopic (exact) mass is 389 g/mol. The maximum Gasteiger partial charge on any atom is 0.256 e. The Labute approximate surface area is 160 Å². The van der Waals surface area contributed by atoms with Crippen LogP contribution in [0.3, 0.4) is 0 Å². The zero-order valence-electron chi connectivity index (χ0n) is 15.7. The summed E-state index contributed by atoms with van der Waals surface area (Å²) in [6.45, 7) is 2.48. The molecule has 4 bridgehead atoms. The summed E-state index contributed by atoms with van der Waals surface area (Å²) < 4.78 is 27.7. The van der Waals surface area contributed by atoms with Crippen LogP contribution in [0.25, 0.3) is 0 Å². The van der Waals surface area contributed by atoms with Crippen LogP contribution in [0.2, 0.25) is 0 Å². The van der Waals surface area contributed by atoms with Gasteiger partial charge in [-0.3, -0.25) is 4.79 Å². The highest BCUT2D eigenvalue weighted by molar-refractivity contribution is 7.90. The van der Waals surface area contributed by atoms with Gasteiger partial charge in [-0.05, 0) is 80.8 Å². The Kier molecular flexibility index (Phi) is 3.84. The Morgan fingerprint density at radius 3 is 2.48 bits per heavy atom. The zero-order valence-corrected chi connectivity index (χ0v) is 16.5. The van der Waals surface area contributed by atoms with E-state index in [1.807, 2.05) is 0 Å². The van der Waals surface area contributed by atoms with Gasteiger partial charge < -0.3 is 10.2 Å². The molecule has 4 fully saturated rings. The van der Waals surface area contributed by atoms with Crippen molar-refractivity contribution in [3.8, 4) is 0 Å². The molecule has 4 saturated carbocycles. The van der Waals surface area contributed by atoms with Crippen molar-refractivity contribution >= 4 is 21.8 Å². The van der Waals surface area contributed by atoms with E-state index < -0.39 is 10.0 Å². The molecule has 2 aliphatic heterocycles. The highest BCUT2D eigenvalue weighted by atomic mass is 32.2. The molecule has 0 spiro atoms. The average molecular weight is 390 g/mol. The minimum absolute atomic E-state index is 0.0145. The minimum Gasteiger partial charge on any atom is -0.349 e. The lowest BCUT2D eigenvalue weighted by molar-refractivity contribution is -0.121. The highest BCUT2D eigenvalue weighted by Crippen LogP contribution is 2.61. The van der Waals surface area contributed by atoms with E-state index in [1.165, 1.54) is 38.5 Å². The second-order valence-electron chi connectivity index (χ2n) is 9.29. The third-order valence-electron chi connectivity index (χ3n) is 7.45. The first-order chi connectivity index (χ1) is 12.8. The van der Waals surface area contributed by atoms with Crippen LogP contribution < -0.4 is 5.32 Å². The van der Waals surface area contributed by atoms with E-state index in [-0.39, 0.29) is 29.0 Å². The molecule has 7 heteroatoms. The van der Waals surface area contributed by atoms with Crippen LogP contribution in [0.15, 0.2) is 28.3 Å². The number of amides is 1. The van der Waals surface area contributed by atoms with Crippen molar-refractivity contribution in [3.63, 3.8) is 0 Å². The van der Waals surface area contributed by atoms with E-state index in [4.69, 9.17) is 0 Å². The third-order valence-corrected chi connectivity index (χ3v) is 8.60. The van der Waals surface area contributed by atoms with Gasteiger partial charge in [0.2, 0.25) is 0 Å². The van der Waals surface area contributed by atoms with E-state index in [1.54, 1.807) is 23.3 Å². The highest BCUT2D eigenvalue weighted by Gasteiger charge is 2.53. The van der Waals surface area contributed by atoms with Gasteiger partial charge in [0.15, 0.2) is 5.84 Å². The van der Waals surface area contributed by atoms with Crippen LogP contribution in [0.1, 0.15) is 45.4 Å². The number of nitrogens with one attached hydrogen (secondary N) is 1. The Bertz CT molecular complexity index is 836. The van der Waals surface area contributed by atoms with Gasteiger partial charge in [-0.25, -0.2) is 8.42 Å². The molecule has 0 aromatic heterocycles. The molecule has 4 aliphatic carbocycles. The number of sulfonamides is 1. The fraction of sp³-hybridized carbons (Fsp3) is 0.700. The molecule has 6 nitrogen and oxygen atoms in total. The minimum atomic E-state index is -3.49. The number of allylic oxidation sites excluding steroid dienone is 2. The van der Waals surface area contributed by atoms with Crippen molar-refractivity contribution in [3.05, 3.63) is 23.9 Å². The van der Waals surface area contributed by atoms with Crippen molar-refractivity contribution in [2.24, 2.45) is 27.6 Å². The molecular weight excluding hydrogens is 362 g/mol. The second-order valence-corrected chi connectivity index (χ2v) is 11.0. The normalized spacial score (nSPS) is 39.4. The molecule has 0 aromatic carbocycles. The molecule has 1 atom stereocenters. The summed E-state index contributed by atoms with van der Waals surface area (Å²) in [6, 6.07) is 0.0967. The Morgan fingerprint density at radius 2 is 1.85 bits per heavy atom. The maximum atomic E-state index is 13.1. The van der Waals surface area contributed by atoms with Crippen LogP contribution in [0, 0.1) is 23.2 Å². The summed E-state index contributed by atoms with van der Waals surface area (Å²) in [6.07, 6.45) is 13.0. The predicted octanol–water partition coefficient (Wildman–Crippen LogP) is 2.21. The van der Waals surface area contributed by atoms with Gasteiger partial charge in [0.1, 0.15) is 0 Å². The number of nitrogens with zero attached hydrogens (tertiary/aromatic N) is 2. The smallest absolute Gasteiger partial charge is 0.256 e. The van der Waals surface area contributed by atoms with Gasteiger partial charge in [-0.2, -0.15) is 0 Å². The van der Waals surface area contributed by atoms with Crippen molar-refractivity contribution in [1.29, 1.82) is 0 Å². The first-order valence-corrected chi connectivity index (χ1v) is 11.7. The van der Waals surface area contributed by atoms with Crippen LogP contribution in [-0.2, 0) is 14.8 Å². The molecule has 0 unspecified atom stereocenters. The van der Waals surface area contributed by atoms with Crippen molar-refractivity contribution in [1.82, 2.24) is 10.2 Å². The Morgan fingerprint density at radius 1 is 1.22 bits per heavy atom. The molecule has 0 radical (unpaired) electrons. The molecule has 27 heavy (non-hydrogen) atoms. The molecule has 0 aromatic rings. The zero-order chi connectivity index (χ0) is 18.8. The number of hydrogen-bond donors (Lipinski definition) is 1. The standard InChI is InChI=1S/C20H27N3O3S/c1-13(20-10-14-7-15(11-20)9-16(8-14)12-20)21-19(24)17-3-2-4-23-5-6-27(25,26)22-18(17)23/h2-4,13-16H,5-12H2,1H3,(H,21,24)/t13-,14?,15?,16?,20?/m0/s1. The van der Waals surface area contributed by atoms with Crippen molar-refractivity contribution in [2.45, 2.75) is 51.5 Å². The maximum absolute atomic E-state index is 13.1. The molecule has 6 rings (SSSR count). The van der Waals surface area contributed by atoms with E-state index in [0.29, 0.717) is 12.1 Å². The number of fused-ring (bicyclic) bond motifs is 1. The van der Waals surface area contributed by atoms with Crippen LogP contribution in [0.5, 0.6) is 0 Å². The first kappa shape index (κ1) is 17.5. The fourth-order valence-electron chi connectivity index (χ4n) is 6.53. The number of hydrogen-bond acceptors (Lipinski definition) is 4. The molecule has 6 aliphatic rings. The van der Waals surface area contributed by atoms with Crippen LogP contribution in [0.4, 0.5) is 0 Å². The number of carbonyl (C=O) groups excluding carboxylic acids is 1. The van der Waals surface area contributed by atoms with Crippen LogP contribution in [-0.4, -0.2) is 43.4 Å². The molecule has 1 amide bonds. The summed E-state index contributed by atoms with van der Waals surface area (Å²) >= 11 is 0. The molecule has 1 N–H and O–H groups in total. The predicted molar refractivity (Wildman–Crippen MR) is 103 cm³/mol. The topological polar surface area (TPSA) is 78.8 Å². The first-order valence-electron chi connectivity index (χ1n) is 10.1. The quantitative estimate of drug-likeness (QED) is 0.803. The van der Waals surface area contributed by atoms with Gasteiger partial charge >= 0.3 is 0 Å². The number of amidine groups is 1. The molecule has 0 saturated heterocycles. The lowest BCUT2D eigenvalue weighted by Gasteiger charge is -2.59. The van der Waals surface area contributed by atoms with Gasteiger partial charge in [-0.15, -0.1) is 4.40 Å². The summed E-state index contributed by atoms with van der Waals surface area (Å²) in [7, 11) is -3.49. The van der Waals surface area contributed by atoms with Gasteiger partial charge in [-0.1, -0.05) is 0 Å². The molecule has 2 heterocycles. The molecule has 146 valence electrons. The Balaban J connectivity index is 1.37.